The number of nitrogens with one attached hydrogen (secondary N) is 1. The first kappa shape index (κ1) is 16.8. The Morgan fingerprint density at radius 2 is 2.00 bits per heavy atom. The van der Waals surface area contributed by atoms with Crippen LogP contribution in [-0.4, -0.2) is 26.0 Å². The van der Waals surface area contributed by atoms with E-state index in [1.807, 2.05) is 6.07 Å². The van der Waals surface area contributed by atoms with Gasteiger partial charge in [0.15, 0.2) is 0 Å². The van der Waals surface area contributed by atoms with E-state index in [1.165, 1.54) is 12.1 Å². The van der Waals surface area contributed by atoms with Crippen LogP contribution in [0.4, 0.5) is 4.39 Å². The number of hydrogen-bond acceptors (Lipinski definition) is 6. The Morgan fingerprint density at radius 1 is 1.11 bits per heavy atom. The molecule has 0 aliphatic carbocycles. The molecule has 3 aromatic heterocycles. The molecule has 1 aromatic carbocycles. The fourth-order valence-electron chi connectivity index (χ4n) is 2.58. The predicted molar refractivity (Wildman–Crippen MR) is 95.1 cm³/mol. The van der Waals surface area contributed by atoms with Gasteiger partial charge in [-0.2, -0.15) is 4.98 Å². The van der Waals surface area contributed by atoms with Gasteiger partial charge in [-0.25, -0.2) is 9.37 Å². The molecule has 1 amide bonds. The van der Waals surface area contributed by atoms with E-state index in [1.54, 1.807) is 43.5 Å². The van der Waals surface area contributed by atoms with Crippen molar-refractivity contribution < 1.29 is 13.7 Å². The second-order valence-corrected chi connectivity index (χ2v) is 5.87. The molecule has 0 aliphatic rings. The molecule has 0 bridgehead atoms. The molecule has 1 atom stereocenters. The zero-order valence-corrected chi connectivity index (χ0v) is 14.3. The van der Waals surface area contributed by atoms with E-state index in [0.29, 0.717) is 16.9 Å². The molecule has 27 heavy (non-hydrogen) atoms. The lowest BCUT2D eigenvalue weighted by molar-refractivity contribution is 0.0928. The number of halogens is 1. The number of hydrogen-bond donors (Lipinski definition) is 1. The van der Waals surface area contributed by atoms with E-state index in [2.05, 4.69) is 25.4 Å². The Balaban J connectivity index is 1.53. The minimum atomic E-state index is -0.555. The van der Waals surface area contributed by atoms with E-state index < -0.39 is 17.8 Å². The van der Waals surface area contributed by atoms with Gasteiger partial charge in [-0.05, 0) is 31.2 Å². The number of carbonyl (C=O) groups excluding carboxylic acids is 1. The van der Waals surface area contributed by atoms with Crippen LogP contribution in [0.1, 0.15) is 29.3 Å². The van der Waals surface area contributed by atoms with Crippen LogP contribution in [0, 0.1) is 5.82 Å². The number of amides is 1. The summed E-state index contributed by atoms with van der Waals surface area (Å²) in [4.78, 5) is 25.0. The van der Waals surface area contributed by atoms with Gasteiger partial charge in [-0.15, -0.1) is 0 Å². The summed E-state index contributed by atoms with van der Waals surface area (Å²) in [6.45, 7) is 1.70. The highest BCUT2D eigenvalue weighted by Gasteiger charge is 2.19. The van der Waals surface area contributed by atoms with Crippen LogP contribution >= 0.6 is 0 Å². The van der Waals surface area contributed by atoms with Crippen LogP contribution in [0.2, 0.25) is 0 Å². The molecule has 0 spiro atoms. The highest BCUT2D eigenvalue weighted by molar-refractivity contribution is 5.95. The molecule has 0 aliphatic heterocycles. The third kappa shape index (κ3) is 3.37. The summed E-state index contributed by atoms with van der Waals surface area (Å²) >= 11 is 0. The molecule has 0 saturated heterocycles. The van der Waals surface area contributed by atoms with Crippen LogP contribution in [0.15, 0.2) is 59.3 Å². The number of pyridine rings is 2. The quantitative estimate of drug-likeness (QED) is 0.598. The van der Waals surface area contributed by atoms with Gasteiger partial charge in [0.1, 0.15) is 28.8 Å². The normalized spacial score (nSPS) is 12.1. The summed E-state index contributed by atoms with van der Waals surface area (Å²) in [7, 11) is 0. The van der Waals surface area contributed by atoms with Gasteiger partial charge in [0.2, 0.25) is 11.7 Å². The Bertz CT molecular complexity index is 1110. The van der Waals surface area contributed by atoms with Crippen molar-refractivity contribution in [3.05, 3.63) is 72.1 Å². The van der Waals surface area contributed by atoms with Gasteiger partial charge in [0, 0.05) is 11.6 Å². The lowest BCUT2D eigenvalue weighted by atomic mass is 10.2. The molecule has 3 heterocycles. The number of fused-ring (bicyclic) bond motifs is 1. The van der Waals surface area contributed by atoms with Crippen LogP contribution < -0.4 is 5.32 Å². The molecule has 4 aromatic rings. The summed E-state index contributed by atoms with van der Waals surface area (Å²) in [5.74, 6) is -0.383. The van der Waals surface area contributed by atoms with Crippen LogP contribution in [-0.2, 0) is 0 Å². The maximum absolute atomic E-state index is 13.9. The number of aromatic nitrogens is 4. The summed E-state index contributed by atoms with van der Waals surface area (Å²) < 4.78 is 19.1. The topological polar surface area (TPSA) is 93.8 Å². The van der Waals surface area contributed by atoms with Gasteiger partial charge in [0.25, 0.3) is 5.91 Å². The summed E-state index contributed by atoms with van der Waals surface area (Å²) in [6, 6.07) is 12.6. The van der Waals surface area contributed by atoms with E-state index in [-0.39, 0.29) is 17.1 Å². The Labute approximate surface area is 153 Å². The minimum absolute atomic E-state index is 0.101. The molecule has 7 nitrogen and oxygen atoms in total. The molecule has 1 unspecified atom stereocenters. The predicted octanol–water partition coefficient (Wildman–Crippen LogP) is 3.31. The molecule has 4 rings (SSSR count). The highest BCUT2D eigenvalue weighted by Crippen LogP contribution is 2.18. The maximum atomic E-state index is 13.9. The largest absolute Gasteiger partial charge is 0.339 e. The SMILES string of the molecule is CC(NC(=O)c1ccc2cccc(F)c2n1)c1nc(-c2ccccn2)no1. The second kappa shape index (κ2) is 6.91. The van der Waals surface area contributed by atoms with E-state index >= 15 is 0 Å². The van der Waals surface area contributed by atoms with Crippen LogP contribution in [0.3, 0.4) is 0 Å². The van der Waals surface area contributed by atoms with Gasteiger partial charge < -0.3 is 9.84 Å². The van der Waals surface area contributed by atoms with Crippen molar-refractivity contribution in [2.45, 2.75) is 13.0 Å². The van der Waals surface area contributed by atoms with Gasteiger partial charge >= 0.3 is 0 Å². The lowest BCUT2D eigenvalue weighted by Crippen LogP contribution is -2.27. The zero-order chi connectivity index (χ0) is 18.8. The van der Waals surface area contributed by atoms with Crippen molar-refractivity contribution in [2.75, 3.05) is 0 Å². The minimum Gasteiger partial charge on any atom is -0.339 e. The first-order valence-corrected chi connectivity index (χ1v) is 8.23. The molecule has 0 saturated carbocycles. The molecule has 1 N–H and O–H groups in total. The second-order valence-electron chi connectivity index (χ2n) is 5.87. The number of benzene rings is 1. The van der Waals surface area contributed by atoms with E-state index in [4.69, 9.17) is 4.52 Å². The van der Waals surface area contributed by atoms with Crippen molar-refractivity contribution in [3.63, 3.8) is 0 Å². The monoisotopic (exact) mass is 363 g/mol. The standard InChI is InChI=1S/C19H14FN5O2/c1-11(19-24-17(25-27-19)14-7-2-3-10-21-14)22-18(26)15-9-8-12-5-4-6-13(20)16(12)23-15/h2-11H,1H3,(H,22,26). The smallest absolute Gasteiger partial charge is 0.270 e. The van der Waals surface area contributed by atoms with E-state index in [0.717, 1.165) is 0 Å². The number of para-hydroxylation sites is 1. The molecular weight excluding hydrogens is 349 g/mol. The number of carbonyl (C=O) groups is 1. The summed E-state index contributed by atoms with van der Waals surface area (Å²) in [5, 5.41) is 7.22. The fraction of sp³-hybridized carbons (Fsp3) is 0.105. The van der Waals surface area contributed by atoms with Gasteiger partial charge in [-0.1, -0.05) is 29.4 Å². The van der Waals surface area contributed by atoms with Crippen molar-refractivity contribution >= 4 is 16.8 Å². The summed E-state index contributed by atoms with van der Waals surface area (Å²) in [6.07, 6.45) is 1.63. The Hall–Kier alpha value is -3.68. The van der Waals surface area contributed by atoms with E-state index in [9.17, 15) is 9.18 Å². The molecule has 0 fully saturated rings. The first-order chi connectivity index (χ1) is 13.1. The van der Waals surface area contributed by atoms with Crippen molar-refractivity contribution in [3.8, 4) is 11.5 Å². The Kier molecular flexibility index (Phi) is 4.29. The summed E-state index contributed by atoms with van der Waals surface area (Å²) in [5.41, 5.74) is 0.814. The third-order valence-corrected chi connectivity index (χ3v) is 3.96. The average molecular weight is 363 g/mol. The molecule has 134 valence electrons. The van der Waals surface area contributed by atoms with Crippen molar-refractivity contribution in [1.29, 1.82) is 0 Å². The molecule has 8 heteroatoms. The average Bonchev–Trinajstić information content (AvgIpc) is 3.19. The van der Waals surface area contributed by atoms with Gasteiger partial charge in [-0.3, -0.25) is 9.78 Å². The molecular formula is C19H14FN5O2. The number of nitrogens with zero attached hydrogens (tertiary/aromatic N) is 4. The van der Waals surface area contributed by atoms with Crippen molar-refractivity contribution in [2.24, 2.45) is 0 Å². The Morgan fingerprint density at radius 3 is 2.81 bits per heavy atom. The zero-order valence-electron chi connectivity index (χ0n) is 14.3. The highest BCUT2D eigenvalue weighted by atomic mass is 19.1. The number of rotatable bonds is 4. The third-order valence-electron chi connectivity index (χ3n) is 3.96. The lowest BCUT2D eigenvalue weighted by Gasteiger charge is -2.09. The van der Waals surface area contributed by atoms with Crippen LogP contribution in [0.5, 0.6) is 0 Å². The molecule has 0 radical (unpaired) electrons. The van der Waals surface area contributed by atoms with Crippen molar-refractivity contribution in [1.82, 2.24) is 25.4 Å². The van der Waals surface area contributed by atoms with Crippen LogP contribution in [0.25, 0.3) is 22.4 Å². The fourth-order valence-corrected chi connectivity index (χ4v) is 2.58. The van der Waals surface area contributed by atoms with Gasteiger partial charge in [0.05, 0.1) is 0 Å². The first-order valence-electron chi connectivity index (χ1n) is 8.23. The maximum Gasteiger partial charge on any atom is 0.270 e.